The molecule has 140 valence electrons. The third-order valence-corrected chi connectivity index (χ3v) is 4.65. The molecule has 27 heavy (non-hydrogen) atoms. The van der Waals surface area contributed by atoms with Crippen LogP contribution < -0.4 is 10.1 Å². The molecule has 0 saturated carbocycles. The van der Waals surface area contributed by atoms with E-state index >= 15 is 0 Å². The number of carbonyl (C=O) groups is 1. The van der Waals surface area contributed by atoms with E-state index in [0.29, 0.717) is 18.7 Å². The summed E-state index contributed by atoms with van der Waals surface area (Å²) >= 11 is 3.43. The number of halogens is 1. The Balaban J connectivity index is 1.48. The molecule has 0 radical (unpaired) electrons. The Labute approximate surface area is 167 Å². The zero-order chi connectivity index (χ0) is 19.1. The number of carbonyl (C=O) groups excluding carboxylic acids is 1. The number of rotatable bonds is 8. The van der Waals surface area contributed by atoms with Gasteiger partial charge in [-0.25, -0.2) is 0 Å². The molecule has 0 spiro atoms. The molecule has 3 aromatic rings. The van der Waals surface area contributed by atoms with Crippen LogP contribution in [0.1, 0.15) is 28.0 Å². The van der Waals surface area contributed by atoms with Crippen LogP contribution in [0.5, 0.6) is 5.75 Å². The van der Waals surface area contributed by atoms with Gasteiger partial charge >= 0.3 is 0 Å². The van der Waals surface area contributed by atoms with Crippen LogP contribution in [0.2, 0.25) is 0 Å². The highest BCUT2D eigenvalue weighted by molar-refractivity contribution is 9.10. The van der Waals surface area contributed by atoms with Gasteiger partial charge < -0.3 is 10.1 Å². The molecule has 6 heteroatoms. The van der Waals surface area contributed by atoms with Crippen LogP contribution in [0.3, 0.4) is 0 Å². The van der Waals surface area contributed by atoms with Crippen LogP contribution in [0.4, 0.5) is 0 Å². The molecular weight excluding hydrogens is 406 g/mol. The van der Waals surface area contributed by atoms with Crippen molar-refractivity contribution in [2.75, 3.05) is 6.54 Å². The largest absolute Gasteiger partial charge is 0.489 e. The van der Waals surface area contributed by atoms with E-state index in [-0.39, 0.29) is 5.91 Å². The Morgan fingerprint density at radius 2 is 2.04 bits per heavy atom. The molecule has 0 aliphatic rings. The fourth-order valence-electron chi connectivity index (χ4n) is 2.69. The van der Waals surface area contributed by atoms with Crippen LogP contribution >= 0.6 is 15.9 Å². The second-order valence-corrected chi connectivity index (χ2v) is 7.17. The van der Waals surface area contributed by atoms with Gasteiger partial charge in [0, 0.05) is 35.0 Å². The van der Waals surface area contributed by atoms with Crippen molar-refractivity contribution in [3.8, 4) is 5.75 Å². The molecule has 1 aromatic heterocycles. The van der Waals surface area contributed by atoms with Gasteiger partial charge in [0.05, 0.1) is 0 Å². The van der Waals surface area contributed by atoms with Crippen LogP contribution in [-0.2, 0) is 13.2 Å². The normalized spacial score (nSPS) is 10.6. The van der Waals surface area contributed by atoms with Crippen molar-refractivity contribution in [2.24, 2.45) is 0 Å². The lowest BCUT2D eigenvalue weighted by Crippen LogP contribution is -2.25. The summed E-state index contributed by atoms with van der Waals surface area (Å²) in [5.41, 5.74) is 2.72. The van der Waals surface area contributed by atoms with Gasteiger partial charge in [0.25, 0.3) is 5.91 Å². The molecule has 3 rings (SSSR count). The zero-order valence-corrected chi connectivity index (χ0v) is 16.8. The molecule has 1 N–H and O–H groups in total. The molecule has 0 aliphatic carbocycles. The Kier molecular flexibility index (Phi) is 6.65. The Morgan fingerprint density at radius 3 is 2.81 bits per heavy atom. The highest BCUT2D eigenvalue weighted by Gasteiger charge is 2.06. The third kappa shape index (κ3) is 5.69. The van der Waals surface area contributed by atoms with Gasteiger partial charge in [0.1, 0.15) is 12.4 Å². The first kappa shape index (κ1) is 19.2. The summed E-state index contributed by atoms with van der Waals surface area (Å²) in [6.07, 6.45) is 2.62. The molecule has 1 heterocycles. The molecule has 0 unspecified atom stereocenters. The number of aryl methyl sites for hydroxylation is 2. The number of hydrogen-bond donors (Lipinski definition) is 1. The second kappa shape index (κ2) is 9.37. The van der Waals surface area contributed by atoms with Crippen molar-refractivity contribution < 1.29 is 9.53 Å². The lowest BCUT2D eigenvalue weighted by Gasteiger charge is -2.09. The summed E-state index contributed by atoms with van der Waals surface area (Å²) in [5, 5.41) is 7.20. The van der Waals surface area contributed by atoms with Crippen LogP contribution in [0, 0.1) is 6.92 Å². The summed E-state index contributed by atoms with van der Waals surface area (Å²) in [7, 11) is 0. The number of nitrogens with zero attached hydrogens (tertiary/aromatic N) is 2. The zero-order valence-electron chi connectivity index (χ0n) is 15.2. The highest BCUT2D eigenvalue weighted by atomic mass is 79.9. The quantitative estimate of drug-likeness (QED) is 0.543. The first-order valence-corrected chi connectivity index (χ1v) is 9.65. The van der Waals surface area contributed by atoms with Gasteiger partial charge in [0.2, 0.25) is 0 Å². The topological polar surface area (TPSA) is 56.2 Å². The van der Waals surface area contributed by atoms with E-state index in [2.05, 4.69) is 26.3 Å². The molecule has 0 saturated heterocycles. The van der Waals surface area contributed by atoms with Gasteiger partial charge in [-0.15, -0.1) is 0 Å². The first-order chi connectivity index (χ1) is 13.1. The van der Waals surface area contributed by atoms with Gasteiger partial charge in [-0.1, -0.05) is 34.1 Å². The van der Waals surface area contributed by atoms with Crippen molar-refractivity contribution in [2.45, 2.75) is 26.5 Å². The van der Waals surface area contributed by atoms with E-state index in [1.807, 2.05) is 66.2 Å². The molecule has 1 amide bonds. The minimum atomic E-state index is -0.0727. The standard InChI is InChI=1S/C21H22BrN3O2/c1-16-9-11-24-25(16)12-4-10-23-21(26)18-6-2-5-17(13-18)15-27-20-8-3-7-19(22)14-20/h2-3,5-9,11,13-14H,4,10,12,15H2,1H3,(H,23,26). The highest BCUT2D eigenvalue weighted by Crippen LogP contribution is 2.19. The summed E-state index contributed by atoms with van der Waals surface area (Å²) in [5.74, 6) is 0.713. The number of ether oxygens (including phenoxy) is 1. The monoisotopic (exact) mass is 427 g/mol. The van der Waals surface area contributed by atoms with Crippen LogP contribution in [-0.4, -0.2) is 22.2 Å². The van der Waals surface area contributed by atoms with Gasteiger partial charge in [-0.2, -0.15) is 5.10 Å². The maximum Gasteiger partial charge on any atom is 0.251 e. The Bertz CT molecular complexity index is 908. The number of benzene rings is 2. The second-order valence-electron chi connectivity index (χ2n) is 6.25. The first-order valence-electron chi connectivity index (χ1n) is 8.86. The van der Waals surface area contributed by atoms with Crippen LogP contribution in [0.15, 0.2) is 65.3 Å². The fourth-order valence-corrected chi connectivity index (χ4v) is 3.07. The maximum absolute atomic E-state index is 12.4. The summed E-state index contributed by atoms with van der Waals surface area (Å²) in [6.45, 7) is 3.83. The summed E-state index contributed by atoms with van der Waals surface area (Å²) < 4.78 is 8.69. The summed E-state index contributed by atoms with van der Waals surface area (Å²) in [6, 6.07) is 17.2. The van der Waals surface area contributed by atoms with Crippen molar-refractivity contribution in [3.63, 3.8) is 0 Å². The predicted octanol–water partition coefficient (Wildman–Crippen LogP) is 4.35. The minimum absolute atomic E-state index is 0.0727. The van der Waals surface area contributed by atoms with Gasteiger partial charge in [-0.3, -0.25) is 9.48 Å². The number of amides is 1. The number of nitrogens with one attached hydrogen (secondary N) is 1. The number of aromatic nitrogens is 2. The minimum Gasteiger partial charge on any atom is -0.489 e. The lowest BCUT2D eigenvalue weighted by atomic mass is 10.1. The predicted molar refractivity (Wildman–Crippen MR) is 109 cm³/mol. The van der Waals surface area contributed by atoms with E-state index < -0.39 is 0 Å². The molecule has 5 nitrogen and oxygen atoms in total. The van der Waals surface area contributed by atoms with E-state index in [1.54, 1.807) is 6.20 Å². The van der Waals surface area contributed by atoms with Crippen molar-refractivity contribution in [1.29, 1.82) is 0 Å². The lowest BCUT2D eigenvalue weighted by molar-refractivity contribution is 0.0952. The third-order valence-electron chi connectivity index (χ3n) is 4.15. The summed E-state index contributed by atoms with van der Waals surface area (Å²) in [4.78, 5) is 12.4. The van der Waals surface area contributed by atoms with Crippen molar-refractivity contribution in [3.05, 3.63) is 82.1 Å². The number of hydrogen-bond acceptors (Lipinski definition) is 3. The SMILES string of the molecule is Cc1ccnn1CCCNC(=O)c1cccc(COc2cccc(Br)c2)c1. The van der Waals surface area contributed by atoms with Crippen molar-refractivity contribution >= 4 is 21.8 Å². The molecule has 0 bridgehead atoms. The van der Waals surface area contributed by atoms with E-state index in [4.69, 9.17) is 4.74 Å². The Morgan fingerprint density at radius 1 is 1.19 bits per heavy atom. The molecular formula is C21H22BrN3O2. The average molecular weight is 428 g/mol. The van der Waals surface area contributed by atoms with E-state index in [9.17, 15) is 4.79 Å². The van der Waals surface area contributed by atoms with E-state index in [0.717, 1.165) is 34.4 Å². The molecule has 0 atom stereocenters. The Hall–Kier alpha value is -2.60. The van der Waals surface area contributed by atoms with Crippen molar-refractivity contribution in [1.82, 2.24) is 15.1 Å². The fraction of sp³-hybridized carbons (Fsp3) is 0.238. The maximum atomic E-state index is 12.4. The smallest absolute Gasteiger partial charge is 0.251 e. The molecule has 0 aliphatic heterocycles. The van der Waals surface area contributed by atoms with Gasteiger partial charge in [0.15, 0.2) is 0 Å². The van der Waals surface area contributed by atoms with Crippen LogP contribution in [0.25, 0.3) is 0 Å². The molecule has 0 fully saturated rings. The van der Waals surface area contributed by atoms with E-state index in [1.165, 1.54) is 0 Å². The molecule has 2 aromatic carbocycles. The van der Waals surface area contributed by atoms with Gasteiger partial charge in [-0.05, 0) is 55.3 Å². The average Bonchev–Trinajstić information content (AvgIpc) is 3.08.